The van der Waals surface area contributed by atoms with E-state index < -0.39 is 0 Å². The molecule has 1 atom stereocenters. The summed E-state index contributed by atoms with van der Waals surface area (Å²) in [5.41, 5.74) is 0.998. The Kier molecular flexibility index (Phi) is 5.41. The summed E-state index contributed by atoms with van der Waals surface area (Å²) in [7, 11) is 3.76. The number of aromatic nitrogens is 4. The van der Waals surface area contributed by atoms with Crippen LogP contribution in [-0.4, -0.2) is 45.4 Å². The molecule has 0 fully saturated rings. The van der Waals surface area contributed by atoms with E-state index in [2.05, 4.69) is 45.5 Å². The molecule has 0 saturated carbocycles. The summed E-state index contributed by atoms with van der Waals surface area (Å²) >= 11 is 0. The van der Waals surface area contributed by atoms with Crippen molar-refractivity contribution in [1.82, 2.24) is 24.6 Å². The van der Waals surface area contributed by atoms with E-state index >= 15 is 0 Å². The Morgan fingerprint density at radius 1 is 1.33 bits per heavy atom. The number of rotatable bonds is 7. The van der Waals surface area contributed by atoms with Crippen LogP contribution in [0.3, 0.4) is 0 Å². The molecule has 6 heteroatoms. The molecular formula is C15H23N5O. The maximum Gasteiger partial charge on any atom is 0.147 e. The molecule has 2 heterocycles. The lowest BCUT2D eigenvalue weighted by Crippen LogP contribution is -2.29. The summed E-state index contributed by atoms with van der Waals surface area (Å²) in [6.45, 7) is 5.53. The molecule has 114 valence electrons. The molecule has 1 unspecified atom stereocenters. The second kappa shape index (κ2) is 7.28. The van der Waals surface area contributed by atoms with Crippen molar-refractivity contribution in [2.24, 2.45) is 0 Å². The van der Waals surface area contributed by atoms with Crippen molar-refractivity contribution >= 4 is 0 Å². The smallest absolute Gasteiger partial charge is 0.147 e. The quantitative estimate of drug-likeness (QED) is 0.781. The highest BCUT2D eigenvalue weighted by Crippen LogP contribution is 2.20. The highest BCUT2D eigenvalue weighted by molar-refractivity contribution is 5.09. The molecule has 2 aromatic rings. The van der Waals surface area contributed by atoms with Gasteiger partial charge in [-0.05, 0) is 33.0 Å². The van der Waals surface area contributed by atoms with Gasteiger partial charge in [0.25, 0.3) is 0 Å². The van der Waals surface area contributed by atoms with Crippen molar-refractivity contribution in [3.05, 3.63) is 42.2 Å². The predicted octanol–water partition coefficient (Wildman–Crippen LogP) is 2.07. The average molecular weight is 289 g/mol. The fraction of sp³-hybridized carbons (Fsp3) is 0.533. The third kappa shape index (κ3) is 3.86. The number of hydrogen-bond acceptors (Lipinski definition) is 5. The van der Waals surface area contributed by atoms with E-state index in [4.69, 9.17) is 4.74 Å². The molecule has 0 spiro atoms. The molecule has 0 saturated heterocycles. The maximum absolute atomic E-state index is 5.35. The summed E-state index contributed by atoms with van der Waals surface area (Å²) in [5.74, 6) is 0.949. The minimum Gasteiger partial charge on any atom is -0.383 e. The minimum atomic E-state index is 0.0912. The van der Waals surface area contributed by atoms with E-state index in [-0.39, 0.29) is 6.04 Å². The summed E-state index contributed by atoms with van der Waals surface area (Å²) in [5, 5.41) is 8.24. The van der Waals surface area contributed by atoms with Gasteiger partial charge in [-0.3, -0.25) is 9.88 Å². The topological polar surface area (TPSA) is 56.1 Å². The number of pyridine rings is 1. The van der Waals surface area contributed by atoms with Crippen LogP contribution in [-0.2, 0) is 11.3 Å². The first-order chi connectivity index (χ1) is 10.1. The molecule has 0 bridgehead atoms. The zero-order valence-electron chi connectivity index (χ0n) is 13.1. The highest BCUT2D eigenvalue weighted by Gasteiger charge is 2.20. The molecule has 0 N–H and O–H groups in total. The Hall–Kier alpha value is -1.79. The normalized spacial score (nSPS) is 13.0. The van der Waals surface area contributed by atoms with Gasteiger partial charge in [0.05, 0.1) is 24.9 Å². The summed E-state index contributed by atoms with van der Waals surface area (Å²) < 4.78 is 7.43. The van der Waals surface area contributed by atoms with Gasteiger partial charge in [-0.15, -0.1) is 10.2 Å². The minimum absolute atomic E-state index is 0.0912. The van der Waals surface area contributed by atoms with E-state index in [1.165, 1.54) is 0 Å². The van der Waals surface area contributed by atoms with Crippen LogP contribution in [0.4, 0.5) is 0 Å². The van der Waals surface area contributed by atoms with E-state index in [1.54, 1.807) is 13.4 Å². The monoisotopic (exact) mass is 289 g/mol. The highest BCUT2D eigenvalue weighted by atomic mass is 16.5. The van der Waals surface area contributed by atoms with Crippen LogP contribution < -0.4 is 0 Å². The molecule has 6 nitrogen and oxygen atoms in total. The number of ether oxygens (including phenoxy) is 1. The second-order valence-electron chi connectivity index (χ2n) is 5.39. The molecule has 21 heavy (non-hydrogen) atoms. The van der Waals surface area contributed by atoms with E-state index in [1.807, 2.05) is 24.4 Å². The van der Waals surface area contributed by atoms with Gasteiger partial charge in [-0.2, -0.15) is 0 Å². The van der Waals surface area contributed by atoms with E-state index in [0.29, 0.717) is 19.2 Å². The van der Waals surface area contributed by atoms with Gasteiger partial charge in [0.1, 0.15) is 12.2 Å². The maximum atomic E-state index is 5.35. The first-order valence-corrected chi connectivity index (χ1v) is 7.12. The van der Waals surface area contributed by atoms with Crippen molar-refractivity contribution in [2.45, 2.75) is 32.5 Å². The molecule has 2 aromatic heterocycles. The third-order valence-corrected chi connectivity index (χ3v) is 3.48. The van der Waals surface area contributed by atoms with Crippen molar-refractivity contribution in [1.29, 1.82) is 0 Å². The molecule has 0 aliphatic carbocycles. The zero-order valence-corrected chi connectivity index (χ0v) is 13.1. The Labute approximate surface area is 125 Å². The lowest BCUT2D eigenvalue weighted by molar-refractivity contribution is 0.0975. The van der Waals surface area contributed by atoms with E-state index in [0.717, 1.165) is 11.5 Å². The SMILES string of the molecule is COCC(c1ccccn1)N(C)Cc1nncn1C(C)C. The Morgan fingerprint density at radius 2 is 2.14 bits per heavy atom. The van der Waals surface area contributed by atoms with Gasteiger partial charge in [0.2, 0.25) is 0 Å². The van der Waals surface area contributed by atoms with Gasteiger partial charge < -0.3 is 9.30 Å². The van der Waals surface area contributed by atoms with Crippen LogP contribution in [0, 0.1) is 0 Å². The van der Waals surface area contributed by atoms with Gasteiger partial charge in [-0.25, -0.2) is 0 Å². The van der Waals surface area contributed by atoms with Crippen molar-refractivity contribution in [3.8, 4) is 0 Å². The standard InChI is InChI=1S/C15H23N5O/c1-12(2)20-11-17-18-15(20)9-19(3)14(10-21-4)13-7-5-6-8-16-13/h5-8,11-12,14H,9-10H2,1-4H3. The number of likely N-dealkylation sites (N-methyl/N-ethyl adjacent to an activating group) is 1. The lowest BCUT2D eigenvalue weighted by atomic mass is 10.1. The molecule has 0 amide bonds. The van der Waals surface area contributed by atoms with Crippen LogP contribution >= 0.6 is 0 Å². The van der Waals surface area contributed by atoms with Crippen LogP contribution in [0.15, 0.2) is 30.7 Å². The summed E-state index contributed by atoms with van der Waals surface area (Å²) in [6.07, 6.45) is 3.59. The summed E-state index contributed by atoms with van der Waals surface area (Å²) in [4.78, 5) is 6.63. The van der Waals surface area contributed by atoms with Gasteiger partial charge in [0, 0.05) is 19.3 Å². The number of hydrogen-bond donors (Lipinski definition) is 0. The Morgan fingerprint density at radius 3 is 2.76 bits per heavy atom. The van der Waals surface area contributed by atoms with E-state index in [9.17, 15) is 0 Å². The molecular weight excluding hydrogens is 266 g/mol. The van der Waals surface area contributed by atoms with Crippen LogP contribution in [0.25, 0.3) is 0 Å². The third-order valence-electron chi connectivity index (χ3n) is 3.48. The van der Waals surface area contributed by atoms with Gasteiger partial charge in [-0.1, -0.05) is 6.07 Å². The lowest BCUT2D eigenvalue weighted by Gasteiger charge is -2.27. The number of methoxy groups -OCH3 is 1. The van der Waals surface area contributed by atoms with Crippen molar-refractivity contribution in [2.75, 3.05) is 20.8 Å². The summed E-state index contributed by atoms with van der Waals surface area (Å²) in [6, 6.07) is 6.37. The molecule has 0 aliphatic rings. The molecule has 0 aromatic carbocycles. The fourth-order valence-corrected chi connectivity index (χ4v) is 2.31. The Balaban J connectivity index is 2.15. The first kappa shape index (κ1) is 15.6. The second-order valence-corrected chi connectivity index (χ2v) is 5.39. The van der Waals surface area contributed by atoms with Gasteiger partial charge in [0.15, 0.2) is 0 Å². The molecule has 0 radical (unpaired) electrons. The van der Waals surface area contributed by atoms with Crippen molar-refractivity contribution in [3.63, 3.8) is 0 Å². The molecule has 2 rings (SSSR count). The van der Waals surface area contributed by atoms with Gasteiger partial charge >= 0.3 is 0 Å². The average Bonchev–Trinajstić information content (AvgIpc) is 2.94. The first-order valence-electron chi connectivity index (χ1n) is 7.12. The van der Waals surface area contributed by atoms with Crippen molar-refractivity contribution < 1.29 is 4.74 Å². The molecule has 0 aliphatic heterocycles. The van der Waals surface area contributed by atoms with Crippen LogP contribution in [0.2, 0.25) is 0 Å². The van der Waals surface area contributed by atoms with Crippen LogP contribution in [0.5, 0.6) is 0 Å². The zero-order chi connectivity index (χ0) is 15.2. The number of nitrogens with zero attached hydrogens (tertiary/aromatic N) is 5. The Bertz CT molecular complexity index is 540. The van der Waals surface area contributed by atoms with Crippen LogP contribution in [0.1, 0.15) is 37.4 Å². The fourth-order valence-electron chi connectivity index (χ4n) is 2.31. The predicted molar refractivity (Wildman–Crippen MR) is 80.7 cm³/mol. The largest absolute Gasteiger partial charge is 0.383 e.